The quantitative estimate of drug-likeness (QED) is 0.423. The van der Waals surface area contributed by atoms with E-state index in [9.17, 15) is 0 Å². The molecule has 3 aliphatic rings. The highest BCUT2D eigenvalue weighted by atomic mass is 79.9. The number of rotatable bonds is 6. The van der Waals surface area contributed by atoms with E-state index < -0.39 is 0 Å². The summed E-state index contributed by atoms with van der Waals surface area (Å²) in [7, 11) is 0. The van der Waals surface area contributed by atoms with Gasteiger partial charge in [0, 0.05) is 19.3 Å². The summed E-state index contributed by atoms with van der Waals surface area (Å²) in [4.78, 5) is 4.74. The van der Waals surface area contributed by atoms with Crippen molar-refractivity contribution in [3.63, 3.8) is 0 Å². The lowest BCUT2D eigenvalue weighted by molar-refractivity contribution is 0.559. The van der Waals surface area contributed by atoms with Gasteiger partial charge in [-0.15, -0.1) is 16.7 Å². The van der Waals surface area contributed by atoms with Gasteiger partial charge in [-0.25, -0.2) is 4.68 Å². The Bertz CT molecular complexity index is 1060. The number of hydrogen-bond acceptors (Lipinski definition) is 4. The van der Waals surface area contributed by atoms with Gasteiger partial charge < -0.3 is 5.32 Å². The van der Waals surface area contributed by atoms with E-state index in [-0.39, 0.29) is 11.4 Å². The number of benzene rings is 1. The molecule has 2 aromatic rings. The van der Waals surface area contributed by atoms with E-state index >= 15 is 0 Å². The first-order valence-corrected chi connectivity index (χ1v) is 11.9. The highest BCUT2D eigenvalue weighted by Gasteiger charge is 2.23. The van der Waals surface area contributed by atoms with Gasteiger partial charge in [0.25, 0.3) is 0 Å². The van der Waals surface area contributed by atoms with Crippen molar-refractivity contribution >= 4 is 50.5 Å². The highest BCUT2D eigenvalue weighted by molar-refractivity contribution is 9.10. The summed E-state index contributed by atoms with van der Waals surface area (Å²) in [6, 6.07) is 4.33. The molecular weight excluding hydrogens is 462 g/mol. The van der Waals surface area contributed by atoms with E-state index in [0.29, 0.717) is 0 Å². The topological polar surface area (TPSA) is 55.1 Å². The van der Waals surface area contributed by atoms with Gasteiger partial charge in [-0.3, -0.25) is 4.99 Å². The number of fused-ring (bicyclic) bond motifs is 1. The first kappa shape index (κ1) is 20.0. The summed E-state index contributed by atoms with van der Waals surface area (Å²) in [5.41, 5.74) is 5.66. The summed E-state index contributed by atoms with van der Waals surface area (Å²) in [5.74, 6) is 0.772. The van der Waals surface area contributed by atoms with E-state index in [4.69, 9.17) is 16.6 Å². The molecule has 0 radical (unpaired) electrons. The van der Waals surface area contributed by atoms with Crippen LogP contribution in [0.3, 0.4) is 0 Å². The number of halogens is 2. The zero-order valence-corrected chi connectivity index (χ0v) is 19.1. The lowest BCUT2D eigenvalue weighted by Gasteiger charge is -2.16. The average Bonchev–Trinajstić information content (AvgIpc) is 3.52. The van der Waals surface area contributed by atoms with E-state index in [2.05, 4.69) is 74.2 Å². The van der Waals surface area contributed by atoms with Crippen LogP contribution in [0.1, 0.15) is 32.1 Å². The smallest absolute Gasteiger partial charge is 0.129 e. The van der Waals surface area contributed by atoms with E-state index in [1.807, 2.05) is 4.68 Å². The van der Waals surface area contributed by atoms with Crippen molar-refractivity contribution in [1.82, 2.24) is 15.0 Å². The van der Waals surface area contributed by atoms with Gasteiger partial charge in [0.1, 0.15) is 5.52 Å². The fourth-order valence-electron chi connectivity index (χ4n) is 3.98. The lowest BCUT2D eigenvalue weighted by atomic mass is 9.98. The molecule has 2 aliphatic carbocycles. The van der Waals surface area contributed by atoms with Crippen molar-refractivity contribution in [3.8, 4) is 0 Å². The molecular formula is C23H25BrClN5. The molecule has 2 heterocycles. The number of aromatic nitrogens is 3. The molecule has 1 aromatic heterocycles. The third-order valence-corrected chi connectivity index (χ3v) is 7.06. The predicted molar refractivity (Wildman–Crippen MR) is 128 cm³/mol. The molecule has 2 atom stereocenters. The summed E-state index contributed by atoms with van der Waals surface area (Å²) >= 11 is 9.92. The van der Waals surface area contributed by atoms with E-state index in [0.717, 1.165) is 59.5 Å². The summed E-state index contributed by atoms with van der Waals surface area (Å²) in [5, 5.41) is 12.5. The monoisotopic (exact) mass is 485 g/mol. The number of nitrogens with zero attached hydrogens (tertiary/aromatic N) is 4. The minimum Gasteiger partial charge on any atom is -0.380 e. The Hall–Kier alpha value is -1.92. The van der Waals surface area contributed by atoms with Gasteiger partial charge >= 0.3 is 0 Å². The molecule has 0 amide bonds. The Balaban J connectivity index is 1.30. The molecule has 0 saturated heterocycles. The molecule has 5 nitrogen and oxygen atoms in total. The molecule has 0 bridgehead atoms. The minimum atomic E-state index is 0.0814. The standard InChI is InChI=1S/C23H25BrClN5/c24-22-19(9-10-21-23(22)28-29-30(21)14-15-3-4-15)27-13-16-2-1-11-26-20(12-16)17-5-7-18(25)8-6-17/h5-7,9-12,15,18,20,27H,1-4,8,13-14H2. The van der Waals surface area contributed by atoms with Crippen LogP contribution in [0.4, 0.5) is 5.69 Å². The normalized spacial score (nSPS) is 23.9. The first-order valence-electron chi connectivity index (χ1n) is 10.7. The molecule has 1 aromatic carbocycles. The zero-order valence-electron chi connectivity index (χ0n) is 16.8. The fourth-order valence-corrected chi connectivity index (χ4v) is 4.69. The molecule has 1 N–H and O–H groups in total. The average molecular weight is 487 g/mol. The second kappa shape index (κ2) is 8.67. The molecule has 0 spiro atoms. The van der Waals surface area contributed by atoms with Crippen LogP contribution in [-0.2, 0) is 6.54 Å². The van der Waals surface area contributed by atoms with E-state index in [1.165, 1.54) is 24.0 Å². The van der Waals surface area contributed by atoms with Crippen molar-refractivity contribution in [2.24, 2.45) is 10.9 Å². The van der Waals surface area contributed by atoms with Crippen LogP contribution < -0.4 is 5.32 Å². The Morgan fingerprint density at radius 2 is 2.17 bits per heavy atom. The van der Waals surface area contributed by atoms with Gasteiger partial charge in [0.15, 0.2) is 0 Å². The maximum atomic E-state index is 6.17. The maximum absolute atomic E-state index is 6.17. The predicted octanol–water partition coefficient (Wildman–Crippen LogP) is 5.67. The van der Waals surface area contributed by atoms with Crippen LogP contribution in [0.5, 0.6) is 0 Å². The van der Waals surface area contributed by atoms with Crippen LogP contribution in [0.15, 0.2) is 57.0 Å². The Kier molecular flexibility index (Phi) is 5.79. The second-order valence-corrected chi connectivity index (χ2v) is 9.67. The number of nitrogens with one attached hydrogen (secondary N) is 1. The van der Waals surface area contributed by atoms with Gasteiger partial charge in [-0.05, 0) is 71.7 Å². The minimum absolute atomic E-state index is 0.0814. The Labute approximate surface area is 190 Å². The molecule has 2 unspecified atom stereocenters. The van der Waals surface area contributed by atoms with Crippen molar-refractivity contribution in [2.75, 3.05) is 11.9 Å². The number of allylic oxidation sites excluding steroid dienone is 2. The van der Waals surface area contributed by atoms with Crippen LogP contribution in [-0.4, -0.2) is 39.2 Å². The molecule has 156 valence electrons. The number of aliphatic imine (C=N–C) groups is 1. The molecule has 30 heavy (non-hydrogen) atoms. The molecule has 1 saturated carbocycles. The molecule has 5 rings (SSSR count). The third kappa shape index (κ3) is 4.40. The first-order chi connectivity index (χ1) is 14.7. The van der Waals surface area contributed by atoms with Crippen LogP contribution >= 0.6 is 27.5 Å². The van der Waals surface area contributed by atoms with Gasteiger partial charge in [0.05, 0.1) is 27.1 Å². The Morgan fingerprint density at radius 1 is 1.27 bits per heavy atom. The Morgan fingerprint density at radius 3 is 2.97 bits per heavy atom. The second-order valence-electron chi connectivity index (χ2n) is 8.32. The van der Waals surface area contributed by atoms with Crippen molar-refractivity contribution in [3.05, 3.63) is 52.1 Å². The van der Waals surface area contributed by atoms with Gasteiger partial charge in [-0.2, -0.15) is 0 Å². The van der Waals surface area contributed by atoms with Crippen LogP contribution in [0.25, 0.3) is 11.0 Å². The molecule has 7 heteroatoms. The fraction of sp³-hybridized carbons (Fsp3) is 0.435. The lowest BCUT2D eigenvalue weighted by Crippen LogP contribution is -2.11. The largest absolute Gasteiger partial charge is 0.380 e. The summed E-state index contributed by atoms with van der Waals surface area (Å²) in [6.45, 7) is 1.76. The van der Waals surface area contributed by atoms with Crippen molar-refractivity contribution in [1.29, 1.82) is 0 Å². The number of alkyl halides is 1. The van der Waals surface area contributed by atoms with Crippen LogP contribution in [0.2, 0.25) is 0 Å². The SMILES string of the molecule is ClC1C=CC(C2C=C(CNc3ccc4c(nnn4CC4CC4)c3Br)CCC=N2)=CC1. The highest BCUT2D eigenvalue weighted by Crippen LogP contribution is 2.34. The number of hydrogen-bond donors (Lipinski definition) is 1. The van der Waals surface area contributed by atoms with E-state index in [1.54, 1.807) is 0 Å². The molecule has 1 fully saturated rings. The van der Waals surface area contributed by atoms with Crippen molar-refractivity contribution < 1.29 is 0 Å². The van der Waals surface area contributed by atoms with Crippen LogP contribution in [0, 0.1) is 5.92 Å². The summed E-state index contributed by atoms with van der Waals surface area (Å²) < 4.78 is 3.02. The maximum Gasteiger partial charge on any atom is 0.129 e. The van der Waals surface area contributed by atoms with Gasteiger partial charge in [-0.1, -0.05) is 35.1 Å². The zero-order chi connectivity index (χ0) is 20.5. The summed E-state index contributed by atoms with van der Waals surface area (Å²) in [6.07, 6.45) is 16.2. The van der Waals surface area contributed by atoms with Gasteiger partial charge in [0.2, 0.25) is 0 Å². The third-order valence-electron chi connectivity index (χ3n) is 5.93. The van der Waals surface area contributed by atoms with Crippen molar-refractivity contribution in [2.45, 2.75) is 50.1 Å². The number of anilines is 1. The molecule has 1 aliphatic heterocycles.